The number of para-hydroxylation sites is 1. The Morgan fingerprint density at radius 3 is 2.44 bits per heavy atom. The fourth-order valence-electron chi connectivity index (χ4n) is 3.92. The maximum Gasteiger partial charge on any atom is 0.305 e. The molecule has 1 aliphatic rings. The largest absolute Gasteiger partial charge is 0.481 e. The molecule has 204 valence electrons. The van der Waals surface area contributed by atoms with Crippen molar-refractivity contribution >= 4 is 58.3 Å². The number of thiocarbonyl (C=S) groups is 1. The highest BCUT2D eigenvalue weighted by molar-refractivity contribution is 7.80. The number of amides is 1. The molecular weight excluding hydrogens is 538 g/mol. The van der Waals surface area contributed by atoms with E-state index >= 15 is 0 Å². The zero-order valence-corrected chi connectivity index (χ0v) is 22.7. The number of carboxylic acids is 1. The number of aromatic nitrogens is 2. The van der Waals surface area contributed by atoms with Crippen LogP contribution in [0.15, 0.2) is 60.8 Å². The number of nitrogens with zero attached hydrogens (tertiary/aromatic N) is 2. The van der Waals surface area contributed by atoms with Crippen molar-refractivity contribution in [2.45, 2.75) is 31.2 Å². The van der Waals surface area contributed by atoms with Gasteiger partial charge in [-0.3, -0.25) is 9.59 Å². The molecule has 0 spiro atoms. The monoisotopic (exact) mass is 567 g/mol. The molecule has 39 heavy (non-hydrogen) atoms. The van der Waals surface area contributed by atoms with Gasteiger partial charge >= 0.3 is 5.97 Å². The summed E-state index contributed by atoms with van der Waals surface area (Å²) >= 11 is 11.4. The van der Waals surface area contributed by atoms with Crippen molar-refractivity contribution in [3.05, 3.63) is 76.9 Å². The number of aliphatic carboxylic acids is 1. The molecule has 10 nitrogen and oxygen atoms in total. The van der Waals surface area contributed by atoms with Crippen LogP contribution in [0.1, 0.15) is 41.6 Å². The maximum absolute atomic E-state index is 13.4. The summed E-state index contributed by atoms with van der Waals surface area (Å²) < 4.78 is 0. The zero-order valence-electron chi connectivity index (χ0n) is 21.2. The van der Waals surface area contributed by atoms with Crippen LogP contribution in [0.2, 0.25) is 5.02 Å². The van der Waals surface area contributed by atoms with Gasteiger partial charge in [0.25, 0.3) is 5.91 Å². The first kappa shape index (κ1) is 28.1. The number of halogens is 1. The summed E-state index contributed by atoms with van der Waals surface area (Å²) in [6.07, 6.45) is 3.88. The van der Waals surface area contributed by atoms with Gasteiger partial charge in [0.1, 0.15) is 11.4 Å². The van der Waals surface area contributed by atoms with Crippen molar-refractivity contribution in [2.24, 2.45) is 0 Å². The molecule has 1 aromatic heterocycles. The van der Waals surface area contributed by atoms with E-state index in [2.05, 4.69) is 36.6 Å². The molecule has 6 N–H and O–H groups in total. The second kappa shape index (κ2) is 13.2. The fourth-order valence-corrected chi connectivity index (χ4v) is 4.31. The Hall–Kier alpha value is -3.96. The molecule has 1 fully saturated rings. The number of benzene rings is 2. The van der Waals surface area contributed by atoms with E-state index in [0.29, 0.717) is 52.7 Å². The number of carbonyl (C=O) groups excluding carboxylic acids is 1. The number of hydrogen-bond acceptors (Lipinski definition) is 7. The van der Waals surface area contributed by atoms with E-state index < -0.39 is 5.97 Å². The third-order valence-electron chi connectivity index (χ3n) is 6.14. The van der Waals surface area contributed by atoms with Gasteiger partial charge in [0.15, 0.2) is 5.11 Å². The van der Waals surface area contributed by atoms with Gasteiger partial charge in [0.2, 0.25) is 5.95 Å². The number of hydrogen-bond donors (Lipinski definition) is 6. The topological polar surface area (TPSA) is 140 Å². The predicted molar refractivity (Wildman–Crippen MR) is 156 cm³/mol. The van der Waals surface area contributed by atoms with Crippen LogP contribution in [0.25, 0.3) is 0 Å². The third kappa shape index (κ3) is 8.01. The van der Waals surface area contributed by atoms with Crippen molar-refractivity contribution < 1.29 is 14.7 Å². The molecule has 0 radical (unpaired) electrons. The average Bonchev–Trinajstić information content (AvgIpc) is 3.70. The summed E-state index contributed by atoms with van der Waals surface area (Å²) in [4.78, 5) is 33.0. The van der Waals surface area contributed by atoms with E-state index in [-0.39, 0.29) is 24.4 Å². The summed E-state index contributed by atoms with van der Waals surface area (Å²) in [5, 5.41) is 25.1. The van der Waals surface area contributed by atoms with Crippen molar-refractivity contribution in [3.8, 4) is 0 Å². The van der Waals surface area contributed by atoms with Crippen LogP contribution in [0.4, 0.5) is 17.5 Å². The van der Waals surface area contributed by atoms with E-state index in [1.165, 1.54) is 6.20 Å². The molecule has 0 unspecified atom stereocenters. The van der Waals surface area contributed by atoms with Crippen LogP contribution >= 0.6 is 23.8 Å². The van der Waals surface area contributed by atoms with E-state index in [9.17, 15) is 9.59 Å². The standard InChI is InChI=1S/C27H30ClN7O3S/c28-20-9-4-5-10-21(20)33-25-32-17-19(24(38)35-27(12-13-27)18-7-2-1-3-8-18)23(34-25)29-14-6-15-30-26(39)31-16-11-22(36)37/h1-5,7-10,17H,6,11-16H2,(H,35,38)(H,36,37)(H2,30,31,39)(H2,29,32,33,34). The predicted octanol–water partition coefficient (Wildman–Crippen LogP) is 4.03. The Morgan fingerprint density at radius 1 is 1.00 bits per heavy atom. The van der Waals surface area contributed by atoms with E-state index in [1.807, 2.05) is 48.5 Å². The SMILES string of the molecule is O=C(O)CCNC(=S)NCCCNc1nc(Nc2ccccc2Cl)ncc1C(=O)NC1(c2ccccc2)CC1. The lowest BCUT2D eigenvalue weighted by Gasteiger charge is -2.19. The van der Waals surface area contributed by atoms with Crippen LogP contribution < -0.4 is 26.6 Å². The molecule has 4 rings (SSSR count). The van der Waals surface area contributed by atoms with Gasteiger partial charge in [-0.1, -0.05) is 54.1 Å². The number of nitrogens with one attached hydrogen (secondary N) is 5. The Labute approximate surface area is 237 Å². The minimum atomic E-state index is -0.890. The lowest BCUT2D eigenvalue weighted by atomic mass is 10.0. The molecule has 1 heterocycles. The highest BCUT2D eigenvalue weighted by atomic mass is 35.5. The second-order valence-electron chi connectivity index (χ2n) is 9.07. The van der Waals surface area contributed by atoms with Crippen molar-refractivity contribution in [2.75, 3.05) is 30.3 Å². The van der Waals surface area contributed by atoms with Crippen LogP contribution in [-0.2, 0) is 10.3 Å². The van der Waals surface area contributed by atoms with Crippen molar-refractivity contribution in [3.63, 3.8) is 0 Å². The van der Waals surface area contributed by atoms with Crippen molar-refractivity contribution in [1.29, 1.82) is 0 Å². The first-order valence-corrected chi connectivity index (χ1v) is 13.4. The third-order valence-corrected chi connectivity index (χ3v) is 6.76. The van der Waals surface area contributed by atoms with E-state index in [0.717, 1.165) is 18.4 Å². The molecule has 0 aliphatic heterocycles. The minimum absolute atomic E-state index is 0.0158. The smallest absolute Gasteiger partial charge is 0.305 e. The van der Waals surface area contributed by atoms with E-state index in [4.69, 9.17) is 28.9 Å². The Kier molecular flexibility index (Phi) is 9.50. The van der Waals surface area contributed by atoms with Crippen LogP contribution in [0, 0.1) is 0 Å². The van der Waals surface area contributed by atoms with Gasteiger partial charge in [0.05, 0.1) is 22.7 Å². The Bertz CT molecular complexity index is 1320. The summed E-state index contributed by atoms with van der Waals surface area (Å²) in [5.41, 5.74) is 1.68. The molecule has 0 saturated heterocycles. The van der Waals surface area contributed by atoms with E-state index in [1.54, 1.807) is 6.07 Å². The van der Waals surface area contributed by atoms with Gasteiger partial charge in [-0.15, -0.1) is 0 Å². The first-order chi connectivity index (χ1) is 18.9. The average molecular weight is 568 g/mol. The molecular formula is C27H30ClN7O3S. The minimum Gasteiger partial charge on any atom is -0.481 e. The number of rotatable bonds is 13. The summed E-state index contributed by atoms with van der Waals surface area (Å²) in [6, 6.07) is 17.2. The number of carbonyl (C=O) groups is 2. The van der Waals surface area contributed by atoms with Crippen molar-refractivity contribution in [1.82, 2.24) is 25.9 Å². The Balaban J connectivity index is 1.41. The summed E-state index contributed by atoms with van der Waals surface area (Å²) in [5.74, 6) is -0.458. The molecule has 1 amide bonds. The van der Waals surface area contributed by atoms with Gasteiger partial charge in [0, 0.05) is 25.8 Å². The fraction of sp³-hybridized carbons (Fsp3) is 0.296. The first-order valence-electron chi connectivity index (χ1n) is 12.6. The summed E-state index contributed by atoms with van der Waals surface area (Å²) in [7, 11) is 0. The molecule has 0 bridgehead atoms. The number of anilines is 3. The van der Waals surface area contributed by atoms with Gasteiger partial charge in [-0.05, 0) is 49.2 Å². The quantitative estimate of drug-likeness (QED) is 0.132. The van der Waals surface area contributed by atoms with Crippen LogP contribution in [-0.4, -0.2) is 51.7 Å². The second-order valence-corrected chi connectivity index (χ2v) is 9.89. The maximum atomic E-state index is 13.4. The summed E-state index contributed by atoms with van der Waals surface area (Å²) in [6.45, 7) is 1.29. The molecule has 2 aromatic carbocycles. The molecule has 0 atom stereocenters. The lowest BCUT2D eigenvalue weighted by Crippen LogP contribution is -2.37. The normalized spacial score (nSPS) is 13.2. The number of carboxylic acid groups (broad SMARTS) is 1. The molecule has 12 heteroatoms. The lowest BCUT2D eigenvalue weighted by molar-refractivity contribution is -0.136. The zero-order chi connectivity index (χ0) is 27.7. The van der Waals surface area contributed by atoms with Gasteiger partial charge in [-0.25, -0.2) is 4.98 Å². The highest BCUT2D eigenvalue weighted by Crippen LogP contribution is 2.45. The Morgan fingerprint density at radius 2 is 1.72 bits per heavy atom. The van der Waals surface area contributed by atoms with Gasteiger partial charge in [-0.2, -0.15) is 4.98 Å². The molecule has 1 aliphatic carbocycles. The van der Waals surface area contributed by atoms with Gasteiger partial charge < -0.3 is 31.7 Å². The van der Waals surface area contributed by atoms with Crippen LogP contribution in [0.3, 0.4) is 0 Å². The molecule has 1 saturated carbocycles. The highest BCUT2D eigenvalue weighted by Gasteiger charge is 2.46. The molecule has 3 aromatic rings. The van der Waals surface area contributed by atoms with Crippen LogP contribution in [0.5, 0.6) is 0 Å².